The lowest BCUT2D eigenvalue weighted by atomic mass is 10.1. The van der Waals surface area contributed by atoms with Crippen molar-refractivity contribution in [2.24, 2.45) is 0 Å². The standard InChI is InChI=1S/C15H25N3O2/c1-2-8-16-14-4-3-5-15(17-14)18-9-6-13(7-10-18)20-12-11-19/h3-5,13,19H,2,6-12H2,1H3,(H,16,17). The number of pyridine rings is 1. The summed E-state index contributed by atoms with van der Waals surface area (Å²) in [5, 5.41) is 12.1. The van der Waals surface area contributed by atoms with Crippen molar-refractivity contribution >= 4 is 11.6 Å². The van der Waals surface area contributed by atoms with Gasteiger partial charge in [-0.05, 0) is 31.4 Å². The molecule has 0 radical (unpaired) electrons. The molecule has 0 saturated carbocycles. The summed E-state index contributed by atoms with van der Waals surface area (Å²) >= 11 is 0. The van der Waals surface area contributed by atoms with Gasteiger partial charge in [0.1, 0.15) is 11.6 Å². The molecule has 1 aliphatic rings. The molecule has 5 nitrogen and oxygen atoms in total. The summed E-state index contributed by atoms with van der Waals surface area (Å²) in [5.41, 5.74) is 0. The van der Waals surface area contributed by atoms with Crippen LogP contribution < -0.4 is 10.2 Å². The predicted octanol–water partition coefficient (Wildman–Crippen LogP) is 1.88. The van der Waals surface area contributed by atoms with Crippen molar-refractivity contribution in [2.45, 2.75) is 32.3 Å². The van der Waals surface area contributed by atoms with Crippen LogP contribution in [0.5, 0.6) is 0 Å². The summed E-state index contributed by atoms with van der Waals surface area (Å²) in [6.45, 7) is 5.56. The van der Waals surface area contributed by atoms with Crippen molar-refractivity contribution in [1.82, 2.24) is 4.98 Å². The van der Waals surface area contributed by atoms with Crippen LogP contribution in [0, 0.1) is 0 Å². The van der Waals surface area contributed by atoms with Gasteiger partial charge in [-0.3, -0.25) is 0 Å². The number of aliphatic hydroxyl groups excluding tert-OH is 1. The quantitative estimate of drug-likeness (QED) is 0.798. The van der Waals surface area contributed by atoms with Gasteiger partial charge in [0.15, 0.2) is 0 Å². The third-order valence-corrected chi connectivity index (χ3v) is 3.50. The third-order valence-electron chi connectivity index (χ3n) is 3.50. The molecule has 20 heavy (non-hydrogen) atoms. The first kappa shape index (κ1) is 15.1. The van der Waals surface area contributed by atoms with Crippen LogP contribution in [-0.2, 0) is 4.74 Å². The van der Waals surface area contributed by atoms with Gasteiger partial charge < -0.3 is 20.1 Å². The zero-order valence-electron chi connectivity index (χ0n) is 12.2. The number of nitrogens with one attached hydrogen (secondary N) is 1. The Morgan fingerprint density at radius 2 is 2.20 bits per heavy atom. The molecule has 1 saturated heterocycles. The number of rotatable bonds is 7. The predicted molar refractivity (Wildman–Crippen MR) is 81.3 cm³/mol. The molecule has 1 aliphatic heterocycles. The maximum absolute atomic E-state index is 8.78. The number of hydrogen-bond acceptors (Lipinski definition) is 5. The maximum Gasteiger partial charge on any atom is 0.130 e. The highest BCUT2D eigenvalue weighted by Gasteiger charge is 2.20. The van der Waals surface area contributed by atoms with Crippen LogP contribution in [-0.4, -0.2) is 49.0 Å². The van der Waals surface area contributed by atoms with E-state index in [-0.39, 0.29) is 12.7 Å². The zero-order chi connectivity index (χ0) is 14.2. The lowest BCUT2D eigenvalue weighted by Crippen LogP contribution is -2.37. The van der Waals surface area contributed by atoms with Gasteiger partial charge in [-0.1, -0.05) is 13.0 Å². The molecule has 0 aliphatic carbocycles. The molecule has 0 bridgehead atoms. The number of nitrogens with zero attached hydrogens (tertiary/aromatic N) is 2. The van der Waals surface area contributed by atoms with Gasteiger partial charge in [-0.2, -0.15) is 0 Å². The number of ether oxygens (including phenoxy) is 1. The minimum atomic E-state index is 0.104. The van der Waals surface area contributed by atoms with Crippen LogP contribution in [0.4, 0.5) is 11.6 Å². The smallest absolute Gasteiger partial charge is 0.130 e. The highest BCUT2D eigenvalue weighted by atomic mass is 16.5. The van der Waals surface area contributed by atoms with Crippen molar-refractivity contribution in [1.29, 1.82) is 0 Å². The fourth-order valence-corrected chi connectivity index (χ4v) is 2.42. The SMILES string of the molecule is CCCNc1cccc(N2CCC(OCCO)CC2)n1. The van der Waals surface area contributed by atoms with Crippen LogP contribution in [0.3, 0.4) is 0 Å². The number of hydrogen-bond donors (Lipinski definition) is 2. The van der Waals surface area contributed by atoms with Gasteiger partial charge in [0, 0.05) is 19.6 Å². The molecule has 1 aromatic heterocycles. The first-order chi connectivity index (χ1) is 9.83. The summed E-state index contributed by atoms with van der Waals surface area (Å²) in [6, 6.07) is 6.12. The van der Waals surface area contributed by atoms with E-state index in [1.54, 1.807) is 0 Å². The topological polar surface area (TPSA) is 57.6 Å². The zero-order valence-corrected chi connectivity index (χ0v) is 12.2. The molecular weight excluding hydrogens is 254 g/mol. The first-order valence-corrected chi connectivity index (χ1v) is 7.52. The first-order valence-electron chi connectivity index (χ1n) is 7.52. The van der Waals surface area contributed by atoms with E-state index in [1.807, 2.05) is 6.07 Å². The minimum absolute atomic E-state index is 0.104. The molecule has 2 heterocycles. The second kappa shape index (κ2) is 8.07. The van der Waals surface area contributed by atoms with Crippen LogP contribution in [0.15, 0.2) is 18.2 Å². The maximum atomic E-state index is 8.78. The Morgan fingerprint density at radius 1 is 1.40 bits per heavy atom. The van der Waals surface area contributed by atoms with E-state index in [4.69, 9.17) is 9.84 Å². The molecule has 2 N–H and O–H groups in total. The molecule has 112 valence electrons. The van der Waals surface area contributed by atoms with Crippen LogP contribution in [0.1, 0.15) is 26.2 Å². The van der Waals surface area contributed by atoms with Crippen LogP contribution in [0.25, 0.3) is 0 Å². The molecular formula is C15H25N3O2. The molecule has 0 atom stereocenters. The normalized spacial score (nSPS) is 16.4. The van der Waals surface area contributed by atoms with Gasteiger partial charge in [-0.25, -0.2) is 4.98 Å². The molecule has 0 amide bonds. The van der Waals surface area contributed by atoms with Crippen molar-refractivity contribution in [2.75, 3.05) is 43.1 Å². The summed E-state index contributed by atoms with van der Waals surface area (Å²) in [5.74, 6) is 1.98. The molecule has 1 aromatic rings. The van der Waals surface area contributed by atoms with Gasteiger partial charge in [0.25, 0.3) is 0 Å². The van der Waals surface area contributed by atoms with Gasteiger partial charge >= 0.3 is 0 Å². The summed E-state index contributed by atoms with van der Waals surface area (Å²) < 4.78 is 5.58. The summed E-state index contributed by atoms with van der Waals surface area (Å²) in [6.07, 6.45) is 3.36. The highest BCUT2D eigenvalue weighted by molar-refractivity contribution is 5.47. The number of anilines is 2. The lowest BCUT2D eigenvalue weighted by molar-refractivity contribution is 0.0158. The number of aliphatic hydroxyl groups is 1. The van der Waals surface area contributed by atoms with Crippen molar-refractivity contribution in [3.05, 3.63) is 18.2 Å². The monoisotopic (exact) mass is 279 g/mol. The largest absolute Gasteiger partial charge is 0.394 e. The molecule has 0 spiro atoms. The summed E-state index contributed by atoms with van der Waals surface area (Å²) in [4.78, 5) is 6.96. The second-order valence-corrected chi connectivity index (χ2v) is 5.09. The lowest BCUT2D eigenvalue weighted by Gasteiger charge is -2.32. The van der Waals surface area contributed by atoms with Crippen LogP contribution in [0.2, 0.25) is 0 Å². The Kier molecular flexibility index (Phi) is 6.08. The van der Waals surface area contributed by atoms with E-state index in [9.17, 15) is 0 Å². The van der Waals surface area contributed by atoms with Crippen LogP contribution >= 0.6 is 0 Å². The molecule has 0 unspecified atom stereocenters. The average molecular weight is 279 g/mol. The van der Waals surface area contributed by atoms with E-state index < -0.39 is 0 Å². The van der Waals surface area contributed by atoms with Gasteiger partial charge in [0.2, 0.25) is 0 Å². The Morgan fingerprint density at radius 3 is 2.90 bits per heavy atom. The fourth-order valence-electron chi connectivity index (χ4n) is 2.42. The van der Waals surface area contributed by atoms with E-state index in [2.05, 4.69) is 34.3 Å². The Labute approximate surface area is 121 Å². The second-order valence-electron chi connectivity index (χ2n) is 5.09. The molecule has 0 aromatic carbocycles. The molecule has 2 rings (SSSR count). The summed E-state index contributed by atoms with van der Waals surface area (Å²) in [7, 11) is 0. The van der Waals surface area contributed by atoms with Gasteiger partial charge in [-0.15, -0.1) is 0 Å². The van der Waals surface area contributed by atoms with E-state index >= 15 is 0 Å². The van der Waals surface area contributed by atoms with Crippen molar-refractivity contribution < 1.29 is 9.84 Å². The van der Waals surface area contributed by atoms with Crippen molar-refractivity contribution in [3.63, 3.8) is 0 Å². The third kappa shape index (κ3) is 4.35. The van der Waals surface area contributed by atoms with E-state index in [1.165, 1.54) is 0 Å². The Balaban J connectivity index is 1.86. The molecule has 5 heteroatoms. The fraction of sp³-hybridized carbons (Fsp3) is 0.667. The highest BCUT2D eigenvalue weighted by Crippen LogP contribution is 2.21. The minimum Gasteiger partial charge on any atom is -0.394 e. The molecule has 1 fully saturated rings. The number of piperidine rings is 1. The Hall–Kier alpha value is -1.33. The van der Waals surface area contributed by atoms with Crippen molar-refractivity contribution in [3.8, 4) is 0 Å². The average Bonchev–Trinajstić information content (AvgIpc) is 2.52. The van der Waals surface area contributed by atoms with E-state index in [0.29, 0.717) is 6.61 Å². The Bertz CT molecular complexity index is 392. The van der Waals surface area contributed by atoms with Gasteiger partial charge in [0.05, 0.1) is 19.3 Å². The number of aromatic nitrogens is 1. The van der Waals surface area contributed by atoms with E-state index in [0.717, 1.165) is 50.5 Å².